The summed E-state index contributed by atoms with van der Waals surface area (Å²) in [5.41, 5.74) is 2.06. The van der Waals surface area contributed by atoms with Crippen LogP contribution in [0.1, 0.15) is 28.3 Å². The third kappa shape index (κ3) is 4.15. The molecule has 7 nitrogen and oxygen atoms in total. The number of aliphatic hydroxyl groups is 1. The molecule has 1 unspecified atom stereocenters. The van der Waals surface area contributed by atoms with Crippen molar-refractivity contribution in [2.75, 3.05) is 7.11 Å². The lowest BCUT2D eigenvalue weighted by molar-refractivity contribution is -0.140. The summed E-state index contributed by atoms with van der Waals surface area (Å²) in [4.78, 5) is 31.7. The summed E-state index contributed by atoms with van der Waals surface area (Å²) in [5.74, 6) is -1.84. The lowest BCUT2D eigenvalue weighted by atomic mass is 9.94. The maximum Gasteiger partial charge on any atom is 0.295 e. The Morgan fingerprint density at radius 2 is 1.88 bits per heavy atom. The van der Waals surface area contributed by atoms with Crippen LogP contribution in [0, 0.1) is 6.92 Å². The smallest absolute Gasteiger partial charge is 0.295 e. The molecular weight excluding hydrogens is 444 g/mol. The third-order valence-corrected chi connectivity index (χ3v) is 5.76. The number of phenolic OH excluding ortho intramolecular Hbond substituents is 1. The number of likely N-dealkylation sites (tertiary alicyclic amines) is 1. The van der Waals surface area contributed by atoms with E-state index in [1.165, 1.54) is 24.1 Å². The van der Waals surface area contributed by atoms with Gasteiger partial charge in [0.15, 0.2) is 0 Å². The Hall–Kier alpha value is -3.84. The van der Waals surface area contributed by atoms with Crippen LogP contribution in [-0.4, -0.2) is 38.9 Å². The fraction of sp³-hybridized carbons (Fsp3) is 0.160. The molecule has 4 rings (SSSR count). The van der Waals surface area contributed by atoms with Gasteiger partial charge >= 0.3 is 0 Å². The second kappa shape index (κ2) is 8.96. The van der Waals surface area contributed by atoms with E-state index in [-0.39, 0.29) is 34.2 Å². The van der Waals surface area contributed by atoms with Crippen LogP contribution in [0.4, 0.5) is 0 Å². The first-order valence-electron chi connectivity index (χ1n) is 10.1. The number of ether oxygens (including phenoxy) is 1. The highest BCUT2D eigenvalue weighted by atomic mass is 35.5. The normalized spacial score (nSPS) is 17.4. The summed E-state index contributed by atoms with van der Waals surface area (Å²) in [6.07, 6.45) is 3.18. The molecule has 2 heterocycles. The van der Waals surface area contributed by atoms with Crippen LogP contribution in [0.25, 0.3) is 5.76 Å². The number of benzene rings is 2. The van der Waals surface area contributed by atoms with Crippen molar-refractivity contribution in [3.8, 4) is 11.5 Å². The molecule has 1 aromatic heterocycles. The van der Waals surface area contributed by atoms with Gasteiger partial charge in [0.2, 0.25) is 0 Å². The average molecular weight is 465 g/mol. The Morgan fingerprint density at radius 1 is 1.15 bits per heavy atom. The molecule has 1 fully saturated rings. The Kier molecular flexibility index (Phi) is 6.07. The minimum Gasteiger partial charge on any atom is -0.508 e. The van der Waals surface area contributed by atoms with E-state index in [0.717, 1.165) is 11.1 Å². The summed E-state index contributed by atoms with van der Waals surface area (Å²) in [6.45, 7) is 1.90. The second-order valence-corrected chi connectivity index (χ2v) is 8.11. The molecular formula is C25H21ClN2O5. The summed E-state index contributed by atoms with van der Waals surface area (Å²) >= 11 is 6.30. The zero-order chi connectivity index (χ0) is 23.7. The number of nitrogens with zero attached hydrogens (tertiary/aromatic N) is 2. The number of phenols is 1. The molecule has 0 bridgehead atoms. The number of aromatic hydroxyl groups is 1. The van der Waals surface area contributed by atoms with E-state index < -0.39 is 23.5 Å². The number of carbonyl (C=O) groups excluding carboxylic acids is 2. The first kappa shape index (κ1) is 22.4. The van der Waals surface area contributed by atoms with Gasteiger partial charge in [0.1, 0.15) is 17.3 Å². The predicted molar refractivity (Wildman–Crippen MR) is 123 cm³/mol. The molecule has 0 aliphatic carbocycles. The number of pyridine rings is 1. The minimum atomic E-state index is -0.936. The lowest BCUT2D eigenvalue weighted by Crippen LogP contribution is -2.29. The monoisotopic (exact) mass is 464 g/mol. The third-order valence-electron chi connectivity index (χ3n) is 5.48. The van der Waals surface area contributed by atoms with E-state index in [4.69, 9.17) is 16.3 Å². The van der Waals surface area contributed by atoms with Crippen LogP contribution in [0.2, 0.25) is 5.02 Å². The van der Waals surface area contributed by atoms with Crippen molar-refractivity contribution < 1.29 is 24.5 Å². The van der Waals surface area contributed by atoms with E-state index in [9.17, 15) is 19.8 Å². The van der Waals surface area contributed by atoms with Gasteiger partial charge in [0.25, 0.3) is 11.7 Å². The quantitative estimate of drug-likeness (QED) is 0.330. The zero-order valence-electron chi connectivity index (χ0n) is 17.9. The molecule has 2 aromatic carbocycles. The Morgan fingerprint density at radius 3 is 2.55 bits per heavy atom. The van der Waals surface area contributed by atoms with Crippen molar-refractivity contribution in [2.24, 2.45) is 0 Å². The van der Waals surface area contributed by atoms with E-state index in [1.807, 2.05) is 0 Å². The molecule has 1 saturated heterocycles. The Labute approximate surface area is 195 Å². The lowest BCUT2D eigenvalue weighted by Gasteiger charge is -2.25. The molecule has 33 heavy (non-hydrogen) atoms. The maximum atomic E-state index is 13.2. The molecule has 168 valence electrons. The number of ketones is 1. The summed E-state index contributed by atoms with van der Waals surface area (Å²) in [5, 5.41) is 21.7. The maximum absolute atomic E-state index is 13.2. The highest BCUT2D eigenvalue weighted by molar-refractivity contribution is 6.46. The first-order chi connectivity index (χ1) is 15.8. The number of aliphatic hydroxyl groups excluding tert-OH is 1. The van der Waals surface area contributed by atoms with Crippen LogP contribution < -0.4 is 4.74 Å². The van der Waals surface area contributed by atoms with Crippen molar-refractivity contribution >= 4 is 29.1 Å². The number of rotatable bonds is 5. The largest absolute Gasteiger partial charge is 0.508 e. The molecule has 1 aliphatic rings. The van der Waals surface area contributed by atoms with Crippen molar-refractivity contribution in [1.82, 2.24) is 9.88 Å². The van der Waals surface area contributed by atoms with Gasteiger partial charge in [0.05, 0.1) is 29.3 Å². The van der Waals surface area contributed by atoms with E-state index >= 15 is 0 Å². The highest BCUT2D eigenvalue weighted by Crippen LogP contribution is 2.43. The van der Waals surface area contributed by atoms with E-state index in [0.29, 0.717) is 5.56 Å². The average Bonchev–Trinajstić information content (AvgIpc) is 3.04. The SMILES string of the molecule is COc1c(Cl)cc(C)cc1/C(O)=C1\C(=O)C(=O)N(Cc2ccncc2)C1c1cccc(O)c1. The van der Waals surface area contributed by atoms with Crippen LogP contribution >= 0.6 is 11.6 Å². The van der Waals surface area contributed by atoms with Crippen molar-refractivity contribution in [2.45, 2.75) is 19.5 Å². The van der Waals surface area contributed by atoms with Gasteiger partial charge in [-0.15, -0.1) is 0 Å². The van der Waals surface area contributed by atoms with Crippen molar-refractivity contribution in [3.05, 3.63) is 93.8 Å². The van der Waals surface area contributed by atoms with Crippen molar-refractivity contribution in [3.63, 3.8) is 0 Å². The van der Waals surface area contributed by atoms with E-state index in [1.54, 1.807) is 55.7 Å². The van der Waals surface area contributed by atoms with E-state index in [2.05, 4.69) is 4.98 Å². The molecule has 2 N–H and O–H groups in total. The van der Waals surface area contributed by atoms with Crippen LogP contribution in [0.3, 0.4) is 0 Å². The van der Waals surface area contributed by atoms with Crippen LogP contribution in [0.5, 0.6) is 11.5 Å². The second-order valence-electron chi connectivity index (χ2n) is 7.70. The summed E-state index contributed by atoms with van der Waals surface area (Å²) in [6, 6.07) is 12.1. The molecule has 1 aliphatic heterocycles. The number of aromatic nitrogens is 1. The van der Waals surface area contributed by atoms with Gasteiger partial charge in [-0.25, -0.2) is 0 Å². The molecule has 3 aromatic rings. The fourth-order valence-electron chi connectivity index (χ4n) is 4.03. The fourth-order valence-corrected chi connectivity index (χ4v) is 4.38. The van der Waals surface area contributed by atoms with Gasteiger partial charge in [-0.05, 0) is 60.0 Å². The van der Waals surface area contributed by atoms with Gasteiger partial charge in [-0.2, -0.15) is 0 Å². The number of aryl methyl sites for hydroxylation is 1. The van der Waals surface area contributed by atoms with Crippen LogP contribution in [-0.2, 0) is 16.1 Å². The number of Topliss-reactive ketones (excluding diaryl/α,β-unsaturated/α-hetero) is 1. The standard InChI is InChI=1S/C25H21ClN2O5/c1-14-10-18(24(33-2)19(26)11-14)22(30)20-21(16-4-3-5-17(29)12-16)28(25(32)23(20)31)13-15-6-8-27-9-7-15/h3-12,21,29-30H,13H2,1-2H3/b22-20+. The molecule has 8 heteroatoms. The topological polar surface area (TPSA) is 100.0 Å². The molecule has 0 radical (unpaired) electrons. The van der Waals surface area contributed by atoms with Crippen LogP contribution in [0.15, 0.2) is 66.5 Å². The molecule has 1 amide bonds. The predicted octanol–water partition coefficient (Wildman–Crippen LogP) is 4.38. The summed E-state index contributed by atoms with van der Waals surface area (Å²) < 4.78 is 5.37. The van der Waals surface area contributed by atoms with Gasteiger partial charge < -0.3 is 19.8 Å². The first-order valence-corrected chi connectivity index (χ1v) is 10.5. The number of amides is 1. The number of halogens is 1. The Bertz CT molecular complexity index is 1270. The highest BCUT2D eigenvalue weighted by Gasteiger charge is 2.46. The number of hydrogen-bond donors (Lipinski definition) is 2. The summed E-state index contributed by atoms with van der Waals surface area (Å²) in [7, 11) is 1.40. The number of carbonyl (C=O) groups is 2. The number of methoxy groups -OCH3 is 1. The molecule has 0 saturated carbocycles. The minimum absolute atomic E-state index is 0.0295. The molecule has 0 spiro atoms. The van der Waals surface area contributed by atoms with Gasteiger partial charge in [-0.1, -0.05) is 23.7 Å². The Balaban J connectivity index is 1.94. The van der Waals surface area contributed by atoms with Gasteiger partial charge in [0, 0.05) is 18.9 Å². The van der Waals surface area contributed by atoms with Crippen molar-refractivity contribution in [1.29, 1.82) is 0 Å². The zero-order valence-corrected chi connectivity index (χ0v) is 18.7. The number of hydrogen-bond acceptors (Lipinski definition) is 6. The molecule has 1 atom stereocenters. The van der Waals surface area contributed by atoms with Gasteiger partial charge in [-0.3, -0.25) is 14.6 Å².